The molecule has 21 heavy (non-hydrogen) atoms. The quantitative estimate of drug-likeness (QED) is 0.881. The lowest BCUT2D eigenvalue weighted by Crippen LogP contribution is -2.05. The summed E-state index contributed by atoms with van der Waals surface area (Å²) in [6, 6.07) is 6.24. The minimum absolute atomic E-state index is 0.313. The minimum Gasteiger partial charge on any atom is -0.496 e. The Morgan fingerprint density at radius 2 is 2.00 bits per heavy atom. The Morgan fingerprint density at radius 1 is 1.19 bits per heavy atom. The molecule has 1 aromatic carbocycles. The first-order chi connectivity index (χ1) is 10.2. The highest BCUT2D eigenvalue weighted by atomic mass is 19.1. The van der Waals surface area contributed by atoms with Crippen LogP contribution in [0.4, 0.5) is 10.2 Å². The molecule has 0 saturated heterocycles. The van der Waals surface area contributed by atoms with Gasteiger partial charge in [0, 0.05) is 24.6 Å². The fourth-order valence-corrected chi connectivity index (χ4v) is 2.12. The molecule has 4 nitrogen and oxygen atoms in total. The van der Waals surface area contributed by atoms with E-state index in [0.29, 0.717) is 17.0 Å². The Kier molecular flexibility index (Phi) is 5.09. The number of nitrogens with zero attached hydrogens (tertiary/aromatic N) is 2. The van der Waals surface area contributed by atoms with Crippen molar-refractivity contribution in [2.24, 2.45) is 0 Å². The maximum Gasteiger partial charge on any atom is 0.131 e. The van der Waals surface area contributed by atoms with Crippen molar-refractivity contribution in [1.29, 1.82) is 0 Å². The van der Waals surface area contributed by atoms with Crippen molar-refractivity contribution >= 4 is 5.82 Å². The maximum absolute atomic E-state index is 13.6. The van der Waals surface area contributed by atoms with E-state index in [0.717, 1.165) is 31.0 Å². The largest absolute Gasteiger partial charge is 0.496 e. The van der Waals surface area contributed by atoms with Gasteiger partial charge in [0.1, 0.15) is 23.2 Å². The standard InChI is InChI=1S/C16H20FN3O/c1-4-6-15-19-13(10-16(20-15)18-5-2)12-9-11(17)7-8-14(12)21-3/h7-10H,4-6H2,1-3H3,(H,18,19,20). The van der Waals surface area contributed by atoms with Crippen molar-refractivity contribution in [2.75, 3.05) is 19.0 Å². The van der Waals surface area contributed by atoms with Crippen molar-refractivity contribution in [1.82, 2.24) is 9.97 Å². The first kappa shape index (κ1) is 15.2. The predicted octanol–water partition coefficient (Wildman–Crippen LogP) is 3.68. The third kappa shape index (κ3) is 3.68. The van der Waals surface area contributed by atoms with Crippen LogP contribution in [0, 0.1) is 5.82 Å². The molecule has 0 fully saturated rings. The molecule has 0 aliphatic heterocycles. The van der Waals surface area contributed by atoms with Crippen LogP contribution in [0.1, 0.15) is 26.1 Å². The predicted molar refractivity (Wildman–Crippen MR) is 82.1 cm³/mol. The second kappa shape index (κ2) is 7.02. The van der Waals surface area contributed by atoms with Crippen LogP contribution < -0.4 is 10.1 Å². The van der Waals surface area contributed by atoms with E-state index in [1.807, 2.05) is 13.0 Å². The molecule has 1 aromatic heterocycles. The van der Waals surface area contributed by atoms with Crippen molar-refractivity contribution in [3.63, 3.8) is 0 Å². The van der Waals surface area contributed by atoms with E-state index in [9.17, 15) is 4.39 Å². The van der Waals surface area contributed by atoms with Gasteiger partial charge < -0.3 is 10.1 Å². The van der Waals surface area contributed by atoms with Gasteiger partial charge in [-0.1, -0.05) is 6.92 Å². The fraction of sp³-hybridized carbons (Fsp3) is 0.375. The highest BCUT2D eigenvalue weighted by Gasteiger charge is 2.12. The molecule has 0 saturated carbocycles. The molecular weight excluding hydrogens is 269 g/mol. The smallest absolute Gasteiger partial charge is 0.131 e. The molecule has 1 heterocycles. The average molecular weight is 289 g/mol. The van der Waals surface area contributed by atoms with Crippen molar-refractivity contribution in [3.8, 4) is 17.0 Å². The molecule has 1 N–H and O–H groups in total. The molecule has 0 atom stereocenters. The van der Waals surface area contributed by atoms with Crippen LogP contribution in [-0.2, 0) is 6.42 Å². The lowest BCUT2D eigenvalue weighted by atomic mass is 10.1. The molecule has 0 amide bonds. The summed E-state index contributed by atoms with van der Waals surface area (Å²) in [4.78, 5) is 8.99. The molecule has 0 radical (unpaired) electrons. The molecule has 2 aromatic rings. The van der Waals surface area contributed by atoms with Crippen LogP contribution >= 0.6 is 0 Å². The van der Waals surface area contributed by atoms with Crippen LogP contribution in [0.15, 0.2) is 24.3 Å². The zero-order valence-electron chi connectivity index (χ0n) is 12.6. The van der Waals surface area contributed by atoms with E-state index in [1.54, 1.807) is 13.2 Å². The molecule has 0 spiro atoms. The maximum atomic E-state index is 13.6. The van der Waals surface area contributed by atoms with Gasteiger partial charge in [0.05, 0.1) is 12.8 Å². The van der Waals surface area contributed by atoms with Gasteiger partial charge >= 0.3 is 0 Å². The molecule has 0 aliphatic carbocycles. The molecule has 2 rings (SSSR count). The van der Waals surface area contributed by atoms with Gasteiger partial charge in [0.2, 0.25) is 0 Å². The summed E-state index contributed by atoms with van der Waals surface area (Å²) >= 11 is 0. The van der Waals surface area contributed by atoms with Gasteiger partial charge in [-0.2, -0.15) is 0 Å². The van der Waals surface area contributed by atoms with Gasteiger partial charge in [-0.05, 0) is 31.5 Å². The molecule has 5 heteroatoms. The zero-order valence-corrected chi connectivity index (χ0v) is 12.6. The Hall–Kier alpha value is -2.17. The van der Waals surface area contributed by atoms with Crippen LogP contribution in [0.25, 0.3) is 11.3 Å². The first-order valence-electron chi connectivity index (χ1n) is 7.13. The summed E-state index contributed by atoms with van der Waals surface area (Å²) in [5, 5.41) is 3.18. The number of nitrogens with one attached hydrogen (secondary N) is 1. The third-order valence-corrected chi connectivity index (χ3v) is 3.04. The second-order valence-electron chi connectivity index (χ2n) is 4.68. The summed E-state index contributed by atoms with van der Waals surface area (Å²) in [5.41, 5.74) is 1.30. The lowest BCUT2D eigenvalue weighted by molar-refractivity contribution is 0.415. The van der Waals surface area contributed by atoms with Gasteiger partial charge in [0.25, 0.3) is 0 Å². The van der Waals surface area contributed by atoms with Crippen LogP contribution in [0.2, 0.25) is 0 Å². The third-order valence-electron chi connectivity index (χ3n) is 3.04. The number of hydrogen-bond acceptors (Lipinski definition) is 4. The van der Waals surface area contributed by atoms with Gasteiger partial charge in [-0.3, -0.25) is 0 Å². The van der Waals surface area contributed by atoms with E-state index < -0.39 is 0 Å². The minimum atomic E-state index is -0.313. The number of ether oxygens (including phenoxy) is 1. The lowest BCUT2D eigenvalue weighted by Gasteiger charge is -2.11. The Bertz CT molecular complexity index is 592. The number of benzene rings is 1. The monoisotopic (exact) mass is 289 g/mol. The van der Waals surface area contributed by atoms with Crippen molar-refractivity contribution < 1.29 is 9.13 Å². The molecule has 0 aliphatic rings. The van der Waals surface area contributed by atoms with Crippen LogP contribution in [0.3, 0.4) is 0 Å². The highest BCUT2D eigenvalue weighted by molar-refractivity contribution is 5.69. The van der Waals surface area contributed by atoms with Gasteiger partial charge in [0.15, 0.2) is 0 Å². The van der Waals surface area contributed by atoms with E-state index in [1.165, 1.54) is 12.1 Å². The fourth-order valence-electron chi connectivity index (χ4n) is 2.12. The Balaban J connectivity index is 2.53. The number of aromatic nitrogens is 2. The van der Waals surface area contributed by atoms with E-state index in [4.69, 9.17) is 4.74 Å². The van der Waals surface area contributed by atoms with Crippen molar-refractivity contribution in [2.45, 2.75) is 26.7 Å². The molecule has 0 bridgehead atoms. The molecule has 0 unspecified atom stereocenters. The van der Waals surface area contributed by atoms with Crippen LogP contribution in [-0.4, -0.2) is 23.6 Å². The number of rotatable bonds is 6. The summed E-state index contributed by atoms with van der Waals surface area (Å²) in [5.74, 6) is 1.78. The SMILES string of the molecule is CCCc1nc(NCC)cc(-c2cc(F)ccc2OC)n1. The summed E-state index contributed by atoms with van der Waals surface area (Å²) < 4.78 is 18.9. The summed E-state index contributed by atoms with van der Waals surface area (Å²) in [7, 11) is 1.57. The average Bonchev–Trinajstić information content (AvgIpc) is 2.47. The Labute approximate surface area is 124 Å². The van der Waals surface area contributed by atoms with Crippen LogP contribution in [0.5, 0.6) is 5.75 Å². The number of halogens is 1. The topological polar surface area (TPSA) is 47.0 Å². The summed E-state index contributed by atoms with van der Waals surface area (Å²) in [6.45, 7) is 4.85. The normalized spacial score (nSPS) is 10.5. The van der Waals surface area contributed by atoms with E-state index in [-0.39, 0.29) is 5.82 Å². The highest BCUT2D eigenvalue weighted by Crippen LogP contribution is 2.30. The zero-order chi connectivity index (χ0) is 15.2. The number of anilines is 1. The number of aryl methyl sites for hydroxylation is 1. The Morgan fingerprint density at radius 3 is 2.67 bits per heavy atom. The molecule has 112 valence electrons. The number of hydrogen-bond donors (Lipinski definition) is 1. The summed E-state index contributed by atoms with van der Waals surface area (Å²) in [6.07, 6.45) is 1.74. The van der Waals surface area contributed by atoms with Crippen molar-refractivity contribution in [3.05, 3.63) is 35.9 Å². The number of methoxy groups -OCH3 is 1. The van der Waals surface area contributed by atoms with Gasteiger partial charge in [-0.25, -0.2) is 14.4 Å². The molecular formula is C16H20FN3O. The first-order valence-corrected chi connectivity index (χ1v) is 7.13. The second-order valence-corrected chi connectivity index (χ2v) is 4.68. The van der Waals surface area contributed by atoms with E-state index in [2.05, 4.69) is 22.2 Å². The van der Waals surface area contributed by atoms with E-state index >= 15 is 0 Å². The van der Waals surface area contributed by atoms with Gasteiger partial charge in [-0.15, -0.1) is 0 Å².